The van der Waals surface area contributed by atoms with Crippen LogP contribution in [0.4, 0.5) is 0 Å². The molecular formula is C6H9N3O2S. The van der Waals surface area contributed by atoms with Crippen LogP contribution in [0, 0.1) is 4.77 Å². The highest BCUT2D eigenvalue weighted by Gasteiger charge is 2.06. The highest BCUT2D eigenvalue weighted by Crippen LogP contribution is 2.02. The SMILES string of the molecule is CC(NO)c1c[nH]c(=S)[nH]c1=O. The Morgan fingerprint density at radius 2 is 2.42 bits per heavy atom. The van der Waals surface area contributed by atoms with Crippen molar-refractivity contribution in [3.05, 3.63) is 26.9 Å². The summed E-state index contributed by atoms with van der Waals surface area (Å²) in [6.45, 7) is 1.65. The molecule has 0 amide bonds. The smallest absolute Gasteiger partial charge is 0.256 e. The maximum absolute atomic E-state index is 11.1. The van der Waals surface area contributed by atoms with Crippen LogP contribution in [0.15, 0.2) is 11.0 Å². The maximum atomic E-state index is 11.1. The van der Waals surface area contributed by atoms with Gasteiger partial charge in [0.15, 0.2) is 4.77 Å². The van der Waals surface area contributed by atoms with E-state index >= 15 is 0 Å². The van der Waals surface area contributed by atoms with Crippen molar-refractivity contribution >= 4 is 12.2 Å². The van der Waals surface area contributed by atoms with Crippen LogP contribution in [-0.2, 0) is 0 Å². The lowest BCUT2D eigenvalue weighted by atomic mass is 10.2. The number of hydroxylamine groups is 1. The standard InChI is InChI=1S/C6H9N3O2S/c1-3(9-11)4-2-7-6(12)8-5(4)10/h2-3,9,11H,1H3,(H2,7,8,10,12). The average molecular weight is 187 g/mol. The van der Waals surface area contributed by atoms with Crippen molar-refractivity contribution in [2.24, 2.45) is 0 Å². The van der Waals surface area contributed by atoms with E-state index in [9.17, 15) is 4.79 Å². The fraction of sp³-hybridized carbons (Fsp3) is 0.333. The minimum atomic E-state index is -0.416. The van der Waals surface area contributed by atoms with Gasteiger partial charge in [-0.3, -0.25) is 9.78 Å². The highest BCUT2D eigenvalue weighted by atomic mass is 32.1. The van der Waals surface area contributed by atoms with Crippen molar-refractivity contribution in [3.63, 3.8) is 0 Å². The second kappa shape index (κ2) is 3.61. The molecule has 0 saturated heterocycles. The van der Waals surface area contributed by atoms with Crippen LogP contribution in [0.1, 0.15) is 18.5 Å². The number of aromatic amines is 2. The molecule has 0 bridgehead atoms. The molecule has 0 aliphatic heterocycles. The summed E-state index contributed by atoms with van der Waals surface area (Å²) in [5.41, 5.74) is 2.08. The Morgan fingerprint density at radius 3 is 2.92 bits per heavy atom. The van der Waals surface area contributed by atoms with Crippen LogP contribution >= 0.6 is 12.2 Å². The number of hydrogen-bond donors (Lipinski definition) is 4. The molecular weight excluding hydrogens is 178 g/mol. The van der Waals surface area contributed by atoms with E-state index in [0.29, 0.717) is 5.56 Å². The van der Waals surface area contributed by atoms with Crippen molar-refractivity contribution in [2.75, 3.05) is 0 Å². The van der Waals surface area contributed by atoms with Gasteiger partial charge in [-0.1, -0.05) is 0 Å². The van der Waals surface area contributed by atoms with Gasteiger partial charge in [0, 0.05) is 6.20 Å². The predicted octanol–water partition coefficient (Wildman–Crippen LogP) is 0.472. The number of nitrogens with one attached hydrogen (secondary N) is 3. The van der Waals surface area contributed by atoms with Gasteiger partial charge in [0.2, 0.25) is 0 Å². The lowest BCUT2D eigenvalue weighted by Crippen LogP contribution is -2.23. The van der Waals surface area contributed by atoms with Crippen LogP contribution in [0.25, 0.3) is 0 Å². The monoisotopic (exact) mass is 187 g/mol. The van der Waals surface area contributed by atoms with Crippen LogP contribution in [0.5, 0.6) is 0 Å². The molecule has 1 rings (SSSR count). The zero-order valence-corrected chi connectivity index (χ0v) is 7.23. The second-order valence-electron chi connectivity index (χ2n) is 2.38. The molecule has 5 nitrogen and oxygen atoms in total. The normalized spacial score (nSPS) is 12.8. The fourth-order valence-electron chi connectivity index (χ4n) is 0.811. The van der Waals surface area contributed by atoms with E-state index in [1.165, 1.54) is 6.20 Å². The molecule has 0 spiro atoms. The van der Waals surface area contributed by atoms with Gasteiger partial charge < -0.3 is 10.2 Å². The molecule has 0 aliphatic rings. The molecule has 0 fully saturated rings. The third kappa shape index (κ3) is 1.79. The summed E-state index contributed by atoms with van der Waals surface area (Å²) in [7, 11) is 0. The number of rotatable bonds is 2. The first-order valence-electron chi connectivity index (χ1n) is 3.36. The zero-order chi connectivity index (χ0) is 9.14. The van der Waals surface area contributed by atoms with Crippen LogP contribution < -0.4 is 11.0 Å². The first-order chi connectivity index (χ1) is 5.65. The van der Waals surface area contributed by atoms with E-state index in [0.717, 1.165) is 0 Å². The summed E-state index contributed by atoms with van der Waals surface area (Å²) in [6, 6.07) is -0.416. The maximum Gasteiger partial charge on any atom is 0.256 e. The summed E-state index contributed by atoms with van der Waals surface area (Å²) in [5, 5.41) is 8.54. The van der Waals surface area contributed by atoms with Crippen molar-refractivity contribution in [1.82, 2.24) is 15.4 Å². The Bertz CT molecular complexity index is 370. The van der Waals surface area contributed by atoms with Gasteiger partial charge in [0.1, 0.15) is 0 Å². The molecule has 4 N–H and O–H groups in total. The van der Waals surface area contributed by atoms with E-state index in [1.54, 1.807) is 6.92 Å². The fourth-order valence-corrected chi connectivity index (χ4v) is 0.963. The third-order valence-electron chi connectivity index (χ3n) is 1.51. The highest BCUT2D eigenvalue weighted by molar-refractivity contribution is 7.71. The molecule has 1 aromatic heterocycles. The zero-order valence-electron chi connectivity index (χ0n) is 6.42. The average Bonchev–Trinajstić information content (AvgIpc) is 2.03. The summed E-state index contributed by atoms with van der Waals surface area (Å²) >= 11 is 4.69. The molecule has 0 aliphatic carbocycles. The van der Waals surface area contributed by atoms with Gasteiger partial charge in [-0.05, 0) is 19.1 Å². The molecule has 1 atom stereocenters. The van der Waals surface area contributed by atoms with Gasteiger partial charge in [0.25, 0.3) is 5.56 Å². The van der Waals surface area contributed by atoms with Gasteiger partial charge in [-0.2, -0.15) is 5.48 Å². The summed E-state index contributed by atoms with van der Waals surface area (Å²) in [4.78, 5) is 16.2. The van der Waals surface area contributed by atoms with Gasteiger partial charge in [-0.25, -0.2) is 0 Å². The molecule has 12 heavy (non-hydrogen) atoms. The first-order valence-corrected chi connectivity index (χ1v) is 3.77. The molecule has 0 radical (unpaired) electrons. The molecule has 6 heteroatoms. The van der Waals surface area contributed by atoms with E-state index in [-0.39, 0.29) is 10.3 Å². The van der Waals surface area contributed by atoms with E-state index in [4.69, 9.17) is 5.21 Å². The molecule has 0 saturated carbocycles. The van der Waals surface area contributed by atoms with E-state index in [1.807, 2.05) is 5.48 Å². The molecule has 0 aromatic carbocycles. The number of H-pyrrole nitrogens is 2. The number of hydrogen-bond acceptors (Lipinski definition) is 4. The number of aromatic nitrogens is 2. The minimum absolute atomic E-state index is 0.272. The van der Waals surface area contributed by atoms with Gasteiger partial charge in [-0.15, -0.1) is 0 Å². The van der Waals surface area contributed by atoms with Crippen molar-refractivity contribution < 1.29 is 5.21 Å². The largest absolute Gasteiger partial charge is 0.338 e. The predicted molar refractivity (Wildman–Crippen MR) is 45.6 cm³/mol. The van der Waals surface area contributed by atoms with E-state index < -0.39 is 6.04 Å². The minimum Gasteiger partial charge on any atom is -0.338 e. The third-order valence-corrected chi connectivity index (χ3v) is 1.73. The van der Waals surface area contributed by atoms with Gasteiger partial charge in [0.05, 0.1) is 11.6 Å². The Morgan fingerprint density at radius 1 is 1.75 bits per heavy atom. The van der Waals surface area contributed by atoms with Crippen molar-refractivity contribution in [3.8, 4) is 0 Å². The van der Waals surface area contributed by atoms with Gasteiger partial charge >= 0.3 is 0 Å². The molecule has 1 heterocycles. The Hall–Kier alpha value is -0.980. The van der Waals surface area contributed by atoms with Crippen molar-refractivity contribution in [2.45, 2.75) is 13.0 Å². The summed E-state index contributed by atoms with van der Waals surface area (Å²) < 4.78 is 0.272. The quantitative estimate of drug-likeness (QED) is 0.401. The molecule has 1 unspecified atom stereocenters. The second-order valence-corrected chi connectivity index (χ2v) is 2.79. The van der Waals surface area contributed by atoms with Crippen molar-refractivity contribution in [1.29, 1.82) is 0 Å². The summed E-state index contributed by atoms with van der Waals surface area (Å²) in [6.07, 6.45) is 1.47. The topological polar surface area (TPSA) is 80.9 Å². The molecule has 66 valence electrons. The van der Waals surface area contributed by atoms with E-state index in [2.05, 4.69) is 22.2 Å². The van der Waals surface area contributed by atoms with Crippen LogP contribution in [-0.4, -0.2) is 15.2 Å². The molecule has 1 aromatic rings. The Balaban J connectivity index is 3.19. The van der Waals surface area contributed by atoms with Crippen LogP contribution in [0.2, 0.25) is 0 Å². The Labute approximate surface area is 73.4 Å². The Kier molecular flexibility index (Phi) is 2.74. The lowest BCUT2D eigenvalue weighted by molar-refractivity contribution is 0.132. The van der Waals surface area contributed by atoms with Crippen LogP contribution in [0.3, 0.4) is 0 Å². The summed E-state index contributed by atoms with van der Waals surface area (Å²) in [5.74, 6) is 0. The lowest BCUT2D eigenvalue weighted by Gasteiger charge is -2.06. The first kappa shape index (κ1) is 9.11.